The average molecular weight is 769 g/mol. The van der Waals surface area contributed by atoms with Crippen LogP contribution in [0.4, 0.5) is 9.59 Å². The molecule has 14 nitrogen and oxygen atoms in total. The Labute approximate surface area is 327 Å². The zero-order chi connectivity index (χ0) is 40.8. The number of hydrogen-bond donors (Lipinski definition) is 4. The van der Waals surface area contributed by atoms with Crippen molar-refractivity contribution in [1.82, 2.24) is 19.8 Å². The minimum Gasteiger partial charge on any atom is -0.444 e. The van der Waals surface area contributed by atoms with E-state index >= 15 is 0 Å². The predicted molar refractivity (Wildman–Crippen MR) is 208 cm³/mol. The highest BCUT2D eigenvalue weighted by Crippen LogP contribution is 2.26. The normalized spacial score (nSPS) is 14.5. The van der Waals surface area contributed by atoms with Crippen LogP contribution in [0, 0.1) is 11.8 Å². The Kier molecular flexibility index (Phi) is 16.2. The van der Waals surface area contributed by atoms with Crippen LogP contribution in [0.15, 0.2) is 110 Å². The van der Waals surface area contributed by atoms with E-state index in [9.17, 15) is 29.4 Å². The molecule has 2 heterocycles. The fourth-order valence-electron chi connectivity index (χ4n) is 5.95. The summed E-state index contributed by atoms with van der Waals surface area (Å²) >= 11 is 0. The van der Waals surface area contributed by atoms with Crippen LogP contribution in [-0.2, 0) is 45.1 Å². The summed E-state index contributed by atoms with van der Waals surface area (Å²) < 4.78 is 11.3. The van der Waals surface area contributed by atoms with E-state index in [0.29, 0.717) is 22.3 Å². The molecule has 56 heavy (non-hydrogen) atoms. The number of aliphatic hydroxyl groups is 2. The van der Waals surface area contributed by atoms with Crippen LogP contribution in [0.5, 0.6) is 0 Å². The molecule has 14 heteroatoms. The fourth-order valence-corrected chi connectivity index (χ4v) is 5.95. The Balaban J connectivity index is 1.84. The first-order valence-corrected chi connectivity index (χ1v) is 18.5. The van der Waals surface area contributed by atoms with Gasteiger partial charge in [-0.1, -0.05) is 88.4 Å². The first-order chi connectivity index (χ1) is 26.8. The van der Waals surface area contributed by atoms with Gasteiger partial charge in [-0.15, -0.1) is 0 Å². The van der Waals surface area contributed by atoms with Gasteiger partial charge < -0.3 is 31.2 Å². The van der Waals surface area contributed by atoms with E-state index in [0.717, 1.165) is 9.80 Å². The second-order valence-electron chi connectivity index (χ2n) is 14.3. The summed E-state index contributed by atoms with van der Waals surface area (Å²) in [5.74, 6) is -2.61. The number of benzene rings is 2. The molecule has 4 amide bonds. The molecule has 2 unspecified atom stereocenters. The third-order valence-corrected chi connectivity index (χ3v) is 9.48. The van der Waals surface area contributed by atoms with E-state index < -0.39 is 72.2 Å². The number of amides is 4. The second kappa shape index (κ2) is 20.9. The van der Waals surface area contributed by atoms with Gasteiger partial charge in [0.25, 0.3) is 0 Å². The smallest absolute Gasteiger partial charge is 0.417 e. The number of nitrogens with two attached hydrogens (primary N) is 2. The van der Waals surface area contributed by atoms with Gasteiger partial charge >= 0.3 is 12.2 Å². The van der Waals surface area contributed by atoms with Crippen LogP contribution in [0.3, 0.4) is 0 Å². The number of ether oxygens (including phenoxy) is 2. The molecule has 0 saturated carbocycles. The number of nitrogens with zero attached hydrogens (tertiary/aromatic N) is 4. The maximum Gasteiger partial charge on any atom is 0.417 e. The number of rotatable bonds is 17. The molecule has 4 rings (SSSR count). The Hall–Kier alpha value is -5.54. The quantitative estimate of drug-likeness (QED) is 0.120. The maximum absolute atomic E-state index is 14.2. The zero-order valence-corrected chi connectivity index (χ0v) is 32.1. The molecule has 0 saturated heterocycles. The van der Waals surface area contributed by atoms with E-state index in [-0.39, 0.29) is 26.1 Å². The Morgan fingerprint density at radius 1 is 0.554 bits per heavy atom. The molecule has 0 radical (unpaired) electrons. The molecule has 2 aromatic heterocycles. The largest absolute Gasteiger partial charge is 0.444 e. The summed E-state index contributed by atoms with van der Waals surface area (Å²) in [6, 6.07) is 18.5. The fraction of sp³-hybridized carbons (Fsp3) is 0.381. The zero-order valence-electron chi connectivity index (χ0n) is 32.1. The van der Waals surface area contributed by atoms with E-state index in [1.165, 1.54) is 24.8 Å². The molecular formula is C42H52N6O8. The molecule has 2 aromatic carbocycles. The van der Waals surface area contributed by atoms with Crippen molar-refractivity contribution in [3.63, 3.8) is 0 Å². The number of carbonyl (C=O) groups excluding carboxylic acids is 4. The van der Waals surface area contributed by atoms with E-state index in [1.807, 2.05) is 0 Å². The number of aromatic nitrogens is 2. The van der Waals surface area contributed by atoms with Crippen molar-refractivity contribution in [2.75, 3.05) is 0 Å². The number of aliphatic hydroxyl groups excluding tert-OH is 2. The molecule has 0 aliphatic heterocycles. The Morgan fingerprint density at radius 2 is 0.875 bits per heavy atom. The molecule has 0 fully saturated rings. The van der Waals surface area contributed by atoms with E-state index in [4.69, 9.17) is 20.9 Å². The highest BCUT2D eigenvalue weighted by atomic mass is 16.6. The Bertz CT molecular complexity index is 1700. The first kappa shape index (κ1) is 43.2. The molecule has 298 valence electrons. The van der Waals surface area contributed by atoms with Gasteiger partial charge in [-0.05, 0) is 71.2 Å². The highest BCUT2D eigenvalue weighted by molar-refractivity contribution is 5.96. The lowest BCUT2D eigenvalue weighted by molar-refractivity contribution is -0.145. The third kappa shape index (κ3) is 11.7. The van der Waals surface area contributed by atoms with Gasteiger partial charge in [0, 0.05) is 24.8 Å². The summed E-state index contributed by atoms with van der Waals surface area (Å²) in [6.45, 7) is 6.33. The van der Waals surface area contributed by atoms with Crippen LogP contribution in [0.1, 0.15) is 49.9 Å². The van der Waals surface area contributed by atoms with E-state index in [2.05, 4.69) is 9.97 Å². The molecule has 6 atom stereocenters. The number of carbonyl (C=O) groups is 4. The van der Waals surface area contributed by atoms with Crippen LogP contribution in [-0.4, -0.2) is 90.4 Å². The number of hydrogen-bond acceptors (Lipinski definition) is 12. The average Bonchev–Trinajstić information content (AvgIpc) is 3.21. The maximum atomic E-state index is 14.2. The first-order valence-electron chi connectivity index (χ1n) is 18.5. The lowest BCUT2D eigenvalue weighted by atomic mass is 9.88. The predicted octanol–water partition coefficient (Wildman–Crippen LogP) is 4.02. The lowest BCUT2D eigenvalue weighted by Crippen LogP contribution is -2.64. The topological polar surface area (TPSA) is 212 Å². The van der Waals surface area contributed by atoms with Crippen LogP contribution in [0.2, 0.25) is 0 Å². The number of imide groups is 2. The van der Waals surface area contributed by atoms with Gasteiger partial charge in [-0.3, -0.25) is 19.6 Å². The van der Waals surface area contributed by atoms with Gasteiger partial charge in [0.15, 0.2) is 0 Å². The summed E-state index contributed by atoms with van der Waals surface area (Å²) in [7, 11) is 0. The summed E-state index contributed by atoms with van der Waals surface area (Å²) in [5, 5.41) is 24.8. The van der Waals surface area contributed by atoms with Gasteiger partial charge in [0.2, 0.25) is 11.8 Å². The van der Waals surface area contributed by atoms with Gasteiger partial charge in [-0.2, -0.15) is 0 Å². The highest BCUT2D eigenvalue weighted by Gasteiger charge is 2.47. The molecule has 6 N–H and O–H groups in total. The van der Waals surface area contributed by atoms with Gasteiger partial charge in [0.1, 0.15) is 25.4 Å². The second-order valence-corrected chi connectivity index (χ2v) is 14.3. The molecule has 0 bridgehead atoms. The van der Waals surface area contributed by atoms with Crippen molar-refractivity contribution < 1.29 is 38.9 Å². The van der Waals surface area contributed by atoms with Crippen LogP contribution >= 0.6 is 0 Å². The van der Waals surface area contributed by atoms with Crippen LogP contribution < -0.4 is 11.5 Å². The standard InChI is InChI=1S/C42H52N6O8/c1-27(2)35(43)39(51)47(41(53)55-25-31-15-19-45-20-16-31)33(23-29-11-7-5-8-12-29)37(49)38(50)34(24-30-13-9-6-10-14-30)48(40(52)36(44)28(3)4)42(54)56-26-32-17-21-46-22-18-32/h5-22,27-28,33-38,49-50H,23-26,43-44H2,1-4H3/t33-,34-,35-,36-,37?,38?/m0/s1. The number of pyridine rings is 2. The monoisotopic (exact) mass is 768 g/mol. The minimum absolute atomic E-state index is 0.163. The molecule has 0 aliphatic rings. The van der Waals surface area contributed by atoms with Crippen molar-refractivity contribution in [3.05, 3.63) is 132 Å². The van der Waals surface area contributed by atoms with Crippen molar-refractivity contribution in [2.45, 2.75) is 90.1 Å². The molecule has 0 aliphatic carbocycles. The van der Waals surface area contributed by atoms with Gasteiger partial charge in [0.05, 0.1) is 24.2 Å². The lowest BCUT2D eigenvalue weighted by Gasteiger charge is -2.41. The summed E-state index contributed by atoms with van der Waals surface area (Å²) in [5.41, 5.74) is 15.1. The summed E-state index contributed by atoms with van der Waals surface area (Å²) in [4.78, 5) is 66.1. The van der Waals surface area contributed by atoms with Crippen molar-refractivity contribution in [3.8, 4) is 0 Å². The SMILES string of the molecule is CC(C)[C@H](N)C(=O)N(C(=O)OCc1ccncc1)[C@@H](Cc1ccccc1)C(O)C(O)[C@H](Cc1ccccc1)N(C(=O)OCc1ccncc1)C(=O)[C@@H](N)C(C)C. The van der Waals surface area contributed by atoms with Crippen molar-refractivity contribution in [1.29, 1.82) is 0 Å². The molecule has 0 spiro atoms. The van der Waals surface area contributed by atoms with Crippen molar-refractivity contribution >= 4 is 24.0 Å². The van der Waals surface area contributed by atoms with Crippen LogP contribution in [0.25, 0.3) is 0 Å². The third-order valence-electron chi connectivity index (χ3n) is 9.48. The molecule has 4 aromatic rings. The minimum atomic E-state index is -1.99. The Morgan fingerprint density at radius 3 is 1.18 bits per heavy atom. The van der Waals surface area contributed by atoms with Gasteiger partial charge in [-0.25, -0.2) is 19.4 Å². The van der Waals surface area contributed by atoms with E-state index in [1.54, 1.807) is 113 Å². The summed E-state index contributed by atoms with van der Waals surface area (Å²) in [6.07, 6.45) is -0.466. The van der Waals surface area contributed by atoms with Crippen molar-refractivity contribution in [2.24, 2.45) is 23.3 Å². The molecular weight excluding hydrogens is 716 g/mol.